The third-order valence-electron chi connectivity index (χ3n) is 5.18. The van der Waals surface area contributed by atoms with E-state index in [0.717, 1.165) is 5.56 Å². The van der Waals surface area contributed by atoms with E-state index in [4.69, 9.17) is 4.74 Å². The molecule has 2 aliphatic rings. The average Bonchev–Trinajstić information content (AvgIpc) is 2.56. The third kappa shape index (κ3) is 4.68. The second kappa shape index (κ2) is 7.31. The van der Waals surface area contributed by atoms with Crippen molar-refractivity contribution in [2.75, 3.05) is 5.32 Å². The number of nitrogens with one attached hydrogen (secondary N) is 2. The third-order valence-corrected chi connectivity index (χ3v) is 5.18. The zero-order chi connectivity index (χ0) is 21.4. The first kappa shape index (κ1) is 21.1. The number of aliphatic carboxylic acids is 2. The molecule has 1 fully saturated rings. The highest BCUT2D eigenvalue weighted by Crippen LogP contribution is 2.39. The number of piperidine rings is 1. The number of para-hydroxylation sites is 1. The molecule has 1 unspecified atom stereocenters. The van der Waals surface area contributed by atoms with Gasteiger partial charge in [-0.3, -0.25) is 0 Å². The lowest BCUT2D eigenvalue weighted by Crippen LogP contribution is -2.61. The van der Waals surface area contributed by atoms with Crippen molar-refractivity contribution in [1.82, 2.24) is 5.32 Å². The van der Waals surface area contributed by atoms with E-state index in [9.17, 15) is 19.8 Å². The minimum atomic E-state index is -1.59. The Morgan fingerprint density at radius 2 is 1.72 bits per heavy atom. The molecule has 156 valence electrons. The van der Waals surface area contributed by atoms with Gasteiger partial charge in [0.1, 0.15) is 5.57 Å². The average molecular weight is 400 g/mol. The van der Waals surface area contributed by atoms with Crippen LogP contribution < -0.4 is 10.6 Å². The Morgan fingerprint density at radius 3 is 2.31 bits per heavy atom. The van der Waals surface area contributed by atoms with E-state index >= 15 is 0 Å². The van der Waals surface area contributed by atoms with Crippen LogP contribution in [0.3, 0.4) is 0 Å². The van der Waals surface area contributed by atoms with Crippen LogP contribution in [0.2, 0.25) is 0 Å². The molecule has 0 saturated carbocycles. The number of hydrogen-bond acceptors (Lipinski definition) is 5. The smallest absolute Gasteiger partial charge is 0.337 e. The Balaban J connectivity index is 2.05. The predicted octanol–water partition coefficient (Wildman–Crippen LogP) is 3.24. The van der Waals surface area contributed by atoms with E-state index in [1.807, 2.05) is 24.3 Å². The second-order valence-electron chi connectivity index (χ2n) is 9.02. The Bertz CT molecular complexity index is 871. The van der Waals surface area contributed by atoms with Crippen LogP contribution in [-0.2, 0) is 14.3 Å². The van der Waals surface area contributed by atoms with Crippen molar-refractivity contribution < 1.29 is 24.5 Å². The molecule has 0 aromatic heterocycles. The van der Waals surface area contributed by atoms with Crippen molar-refractivity contribution in [3.05, 3.63) is 47.6 Å². The van der Waals surface area contributed by atoms with E-state index in [1.54, 1.807) is 12.2 Å². The zero-order valence-corrected chi connectivity index (χ0v) is 17.2. The van der Waals surface area contributed by atoms with Gasteiger partial charge in [0.05, 0.1) is 6.10 Å². The van der Waals surface area contributed by atoms with Crippen molar-refractivity contribution in [3.8, 4) is 0 Å². The standard InChI is InChI=1S/C22H28N2O5/c1-20(2)12-15(13-21(3,4)24-20)29-22(16(19(27)28)11-18(25)26)10-9-14-7-5-6-8-17(14)23-22/h5-11,15,23-24H,12-13H2,1-4H3,(H,25,26)(H,27,28)/b16-11-. The largest absolute Gasteiger partial charge is 0.478 e. The van der Waals surface area contributed by atoms with Crippen molar-refractivity contribution in [3.63, 3.8) is 0 Å². The molecule has 2 heterocycles. The second-order valence-corrected chi connectivity index (χ2v) is 9.02. The van der Waals surface area contributed by atoms with Crippen LogP contribution in [0.15, 0.2) is 42.0 Å². The number of anilines is 1. The lowest BCUT2D eigenvalue weighted by atomic mass is 9.80. The topological polar surface area (TPSA) is 108 Å². The Hall–Kier alpha value is -2.64. The van der Waals surface area contributed by atoms with E-state index in [2.05, 4.69) is 38.3 Å². The van der Waals surface area contributed by atoms with Gasteiger partial charge in [-0.05, 0) is 58.2 Å². The summed E-state index contributed by atoms with van der Waals surface area (Å²) in [5, 5.41) is 25.8. The van der Waals surface area contributed by atoms with Crippen LogP contribution in [0.25, 0.3) is 6.08 Å². The van der Waals surface area contributed by atoms with Crippen LogP contribution in [0, 0.1) is 0 Å². The number of carboxylic acids is 2. The van der Waals surface area contributed by atoms with Gasteiger partial charge in [-0.1, -0.05) is 24.3 Å². The molecule has 1 aromatic rings. The summed E-state index contributed by atoms with van der Waals surface area (Å²) in [6.45, 7) is 8.28. The van der Waals surface area contributed by atoms with Gasteiger partial charge in [-0.25, -0.2) is 9.59 Å². The van der Waals surface area contributed by atoms with E-state index in [-0.39, 0.29) is 22.8 Å². The van der Waals surface area contributed by atoms with E-state index in [0.29, 0.717) is 24.6 Å². The SMILES string of the molecule is CC1(C)CC(OC2(/C(=C\C(=O)O)C(=O)O)C=Cc3ccccc3N2)CC(C)(C)N1. The van der Waals surface area contributed by atoms with Gasteiger partial charge in [0.15, 0.2) is 5.72 Å². The molecule has 0 radical (unpaired) electrons. The summed E-state index contributed by atoms with van der Waals surface area (Å²) in [4.78, 5) is 23.4. The van der Waals surface area contributed by atoms with Crippen LogP contribution in [0.4, 0.5) is 5.69 Å². The van der Waals surface area contributed by atoms with Crippen LogP contribution in [0.1, 0.15) is 46.1 Å². The first-order chi connectivity index (χ1) is 13.4. The number of rotatable bonds is 5. The summed E-state index contributed by atoms with van der Waals surface area (Å²) in [7, 11) is 0. The normalized spacial score (nSPS) is 25.7. The number of carbonyl (C=O) groups is 2. The van der Waals surface area contributed by atoms with Crippen molar-refractivity contribution in [2.45, 2.75) is 63.4 Å². The van der Waals surface area contributed by atoms with Gasteiger partial charge >= 0.3 is 11.9 Å². The number of carboxylic acid groups (broad SMARTS) is 2. The summed E-state index contributed by atoms with van der Waals surface area (Å²) < 4.78 is 6.42. The first-order valence-electron chi connectivity index (χ1n) is 9.63. The van der Waals surface area contributed by atoms with Gasteiger partial charge < -0.3 is 25.6 Å². The Labute approximate surface area is 170 Å². The summed E-state index contributed by atoms with van der Waals surface area (Å²) in [6, 6.07) is 7.41. The van der Waals surface area contributed by atoms with Gasteiger partial charge in [-0.15, -0.1) is 0 Å². The van der Waals surface area contributed by atoms with Crippen molar-refractivity contribution in [2.24, 2.45) is 0 Å². The minimum Gasteiger partial charge on any atom is -0.478 e. The lowest BCUT2D eigenvalue weighted by Gasteiger charge is -2.49. The summed E-state index contributed by atoms with van der Waals surface area (Å²) in [5.41, 5.74) is -0.844. The number of benzene rings is 1. The van der Waals surface area contributed by atoms with E-state index in [1.165, 1.54) is 0 Å². The first-order valence-corrected chi connectivity index (χ1v) is 9.63. The number of hydrogen-bond donors (Lipinski definition) is 4. The maximum atomic E-state index is 12.0. The quantitative estimate of drug-likeness (QED) is 0.562. The van der Waals surface area contributed by atoms with Gasteiger partial charge in [0, 0.05) is 22.8 Å². The van der Waals surface area contributed by atoms with Gasteiger partial charge in [0.2, 0.25) is 0 Å². The summed E-state index contributed by atoms with van der Waals surface area (Å²) in [5.74, 6) is -2.69. The van der Waals surface area contributed by atoms with Gasteiger partial charge in [-0.2, -0.15) is 0 Å². The maximum absolute atomic E-state index is 12.0. The predicted molar refractivity (Wildman–Crippen MR) is 111 cm³/mol. The molecule has 1 atom stereocenters. The van der Waals surface area contributed by atoms with E-state index < -0.39 is 17.7 Å². The molecular weight excluding hydrogens is 372 g/mol. The molecule has 0 spiro atoms. The highest BCUT2D eigenvalue weighted by atomic mass is 16.5. The monoisotopic (exact) mass is 400 g/mol. The summed E-state index contributed by atoms with van der Waals surface area (Å²) >= 11 is 0. The molecule has 29 heavy (non-hydrogen) atoms. The van der Waals surface area contributed by atoms with Gasteiger partial charge in [0.25, 0.3) is 0 Å². The van der Waals surface area contributed by atoms with Crippen LogP contribution >= 0.6 is 0 Å². The molecule has 7 nitrogen and oxygen atoms in total. The lowest BCUT2D eigenvalue weighted by molar-refractivity contribution is -0.139. The van der Waals surface area contributed by atoms with Crippen molar-refractivity contribution in [1.29, 1.82) is 0 Å². The zero-order valence-electron chi connectivity index (χ0n) is 17.2. The fourth-order valence-corrected chi connectivity index (χ4v) is 4.52. The Kier molecular flexibility index (Phi) is 5.32. The highest BCUT2D eigenvalue weighted by Gasteiger charge is 2.46. The minimum absolute atomic E-state index is 0.218. The summed E-state index contributed by atoms with van der Waals surface area (Å²) in [6.07, 6.45) is 5.07. The molecule has 0 aliphatic carbocycles. The fraction of sp³-hybridized carbons (Fsp3) is 0.455. The maximum Gasteiger partial charge on any atom is 0.337 e. The van der Waals surface area contributed by atoms with Crippen LogP contribution in [-0.4, -0.2) is 45.1 Å². The number of ether oxygens (including phenoxy) is 1. The molecule has 0 bridgehead atoms. The number of fused-ring (bicyclic) bond motifs is 1. The van der Waals surface area contributed by atoms with Crippen LogP contribution in [0.5, 0.6) is 0 Å². The molecule has 7 heteroatoms. The molecule has 1 aromatic carbocycles. The Morgan fingerprint density at radius 1 is 1.10 bits per heavy atom. The molecule has 0 amide bonds. The molecular formula is C22H28N2O5. The highest BCUT2D eigenvalue weighted by molar-refractivity contribution is 5.98. The van der Waals surface area contributed by atoms with Crippen molar-refractivity contribution >= 4 is 23.7 Å². The molecule has 1 saturated heterocycles. The fourth-order valence-electron chi connectivity index (χ4n) is 4.52. The molecule has 2 aliphatic heterocycles. The molecule has 3 rings (SSSR count). The molecule has 4 N–H and O–H groups in total.